The number of aromatic nitrogens is 1. The zero-order valence-electron chi connectivity index (χ0n) is 13.7. The van der Waals surface area contributed by atoms with Crippen molar-refractivity contribution >= 4 is 34.3 Å². The second-order valence-corrected chi connectivity index (χ2v) is 5.67. The number of pyridine rings is 1. The monoisotopic (exact) mass is 371 g/mol. The molecule has 0 aliphatic rings. The molecule has 1 heterocycles. The van der Waals surface area contributed by atoms with E-state index in [1.807, 2.05) is 0 Å². The molecule has 0 amide bonds. The number of fused-ring (bicyclic) bond motifs is 1. The van der Waals surface area contributed by atoms with Gasteiger partial charge < -0.3 is 5.11 Å². The second kappa shape index (κ2) is 7.03. The van der Waals surface area contributed by atoms with Crippen LogP contribution < -0.4 is 0 Å². The van der Waals surface area contributed by atoms with Gasteiger partial charge in [0.25, 0.3) is 5.78 Å². The number of carboxylic acids is 1. The lowest BCUT2D eigenvalue weighted by atomic mass is 9.99. The number of carbonyl (C=O) groups is 2. The SMILES string of the molecule is O=C(O)C(=O)/C(=C/c1ccccc1C(F)(F)F)c1ccc2ccccc2n1. The minimum atomic E-state index is -4.65. The average Bonchev–Trinajstić information content (AvgIpc) is 2.64. The predicted molar refractivity (Wildman–Crippen MR) is 93.7 cm³/mol. The van der Waals surface area contributed by atoms with Gasteiger partial charge in [-0.2, -0.15) is 13.2 Å². The summed E-state index contributed by atoms with van der Waals surface area (Å²) in [6.07, 6.45) is -3.74. The molecule has 0 saturated carbocycles. The molecule has 3 aromatic rings. The van der Waals surface area contributed by atoms with Gasteiger partial charge in [0.05, 0.1) is 22.3 Å². The molecule has 2 aromatic carbocycles. The fraction of sp³-hybridized carbons (Fsp3) is 0.0500. The highest BCUT2D eigenvalue weighted by Crippen LogP contribution is 2.33. The van der Waals surface area contributed by atoms with E-state index in [1.54, 1.807) is 30.3 Å². The van der Waals surface area contributed by atoms with Crippen LogP contribution in [0.15, 0.2) is 60.7 Å². The summed E-state index contributed by atoms with van der Waals surface area (Å²) < 4.78 is 39.7. The van der Waals surface area contributed by atoms with Crippen LogP contribution in [0.3, 0.4) is 0 Å². The molecule has 0 saturated heterocycles. The number of alkyl halides is 3. The molecule has 0 spiro atoms. The Morgan fingerprint density at radius 1 is 0.926 bits per heavy atom. The van der Waals surface area contributed by atoms with E-state index in [0.29, 0.717) is 5.52 Å². The van der Waals surface area contributed by atoms with Crippen molar-refractivity contribution in [3.63, 3.8) is 0 Å². The lowest BCUT2D eigenvalue weighted by Crippen LogP contribution is -2.15. The van der Waals surface area contributed by atoms with Gasteiger partial charge in [-0.05, 0) is 29.8 Å². The van der Waals surface area contributed by atoms with E-state index in [-0.39, 0.29) is 11.3 Å². The molecule has 3 rings (SSSR count). The Balaban J connectivity index is 2.22. The fourth-order valence-corrected chi connectivity index (χ4v) is 2.62. The van der Waals surface area contributed by atoms with Crippen LogP contribution in [0.2, 0.25) is 0 Å². The first-order valence-corrected chi connectivity index (χ1v) is 7.79. The molecule has 27 heavy (non-hydrogen) atoms. The summed E-state index contributed by atoms with van der Waals surface area (Å²) in [5.41, 5.74) is -1.24. The summed E-state index contributed by atoms with van der Waals surface area (Å²) in [6.45, 7) is 0. The van der Waals surface area contributed by atoms with Crippen molar-refractivity contribution in [2.24, 2.45) is 0 Å². The Kier molecular flexibility index (Phi) is 4.77. The second-order valence-electron chi connectivity index (χ2n) is 5.67. The summed E-state index contributed by atoms with van der Waals surface area (Å²) in [6, 6.07) is 14.6. The van der Waals surface area contributed by atoms with E-state index < -0.39 is 29.1 Å². The molecule has 0 aliphatic heterocycles. The molecule has 0 atom stereocenters. The quantitative estimate of drug-likeness (QED) is 0.544. The van der Waals surface area contributed by atoms with Gasteiger partial charge >= 0.3 is 12.1 Å². The first-order chi connectivity index (χ1) is 12.8. The smallest absolute Gasteiger partial charge is 0.416 e. The number of hydrogen-bond acceptors (Lipinski definition) is 3. The summed E-state index contributed by atoms with van der Waals surface area (Å²) in [4.78, 5) is 27.6. The average molecular weight is 371 g/mol. The highest BCUT2D eigenvalue weighted by atomic mass is 19.4. The maximum atomic E-state index is 13.2. The molecule has 4 nitrogen and oxygen atoms in total. The maximum absolute atomic E-state index is 13.2. The third kappa shape index (κ3) is 3.87. The minimum absolute atomic E-state index is 0.0157. The van der Waals surface area contributed by atoms with Crippen molar-refractivity contribution in [3.05, 3.63) is 77.5 Å². The highest BCUT2D eigenvalue weighted by Gasteiger charge is 2.33. The lowest BCUT2D eigenvalue weighted by Gasteiger charge is -2.11. The van der Waals surface area contributed by atoms with Gasteiger partial charge in [0, 0.05) is 5.39 Å². The van der Waals surface area contributed by atoms with Crippen molar-refractivity contribution in [1.29, 1.82) is 0 Å². The fourth-order valence-electron chi connectivity index (χ4n) is 2.62. The Bertz CT molecular complexity index is 1070. The van der Waals surface area contributed by atoms with Crippen LogP contribution in [0.1, 0.15) is 16.8 Å². The standard InChI is InChI=1S/C20H12F3NO3/c21-20(22,23)15-7-3-1-6-13(15)11-14(18(25)19(26)27)17-10-9-12-5-2-4-8-16(12)24-17/h1-11H,(H,26,27)/b14-11+. The number of rotatable bonds is 4. The number of carbonyl (C=O) groups excluding carboxylic acids is 1. The van der Waals surface area contributed by atoms with E-state index in [4.69, 9.17) is 5.11 Å². The topological polar surface area (TPSA) is 67.3 Å². The van der Waals surface area contributed by atoms with Crippen LogP contribution in [0.5, 0.6) is 0 Å². The van der Waals surface area contributed by atoms with Crippen molar-refractivity contribution < 1.29 is 27.9 Å². The number of carboxylic acid groups (broad SMARTS) is 1. The minimum Gasteiger partial charge on any atom is -0.475 e. The largest absolute Gasteiger partial charge is 0.475 e. The van der Waals surface area contributed by atoms with E-state index in [1.165, 1.54) is 24.3 Å². The molecule has 0 unspecified atom stereocenters. The summed E-state index contributed by atoms with van der Waals surface area (Å²) in [5.74, 6) is -3.12. The van der Waals surface area contributed by atoms with Gasteiger partial charge in [0.2, 0.25) is 0 Å². The summed E-state index contributed by atoms with van der Waals surface area (Å²) in [7, 11) is 0. The third-order valence-corrected chi connectivity index (χ3v) is 3.88. The van der Waals surface area contributed by atoms with E-state index in [2.05, 4.69) is 4.98 Å². The number of benzene rings is 2. The highest BCUT2D eigenvalue weighted by molar-refractivity contribution is 6.52. The molecule has 0 fully saturated rings. The number of hydrogen-bond donors (Lipinski definition) is 1. The van der Waals surface area contributed by atoms with Gasteiger partial charge in [-0.25, -0.2) is 9.78 Å². The van der Waals surface area contributed by atoms with Crippen LogP contribution in [-0.4, -0.2) is 21.8 Å². The molecule has 136 valence electrons. The number of aliphatic carboxylic acids is 1. The lowest BCUT2D eigenvalue weighted by molar-refractivity contribution is -0.146. The van der Waals surface area contributed by atoms with Crippen molar-refractivity contribution in [3.8, 4) is 0 Å². The van der Waals surface area contributed by atoms with Crippen LogP contribution in [0.4, 0.5) is 13.2 Å². The summed E-state index contributed by atoms with van der Waals surface area (Å²) in [5, 5.41) is 9.84. The predicted octanol–water partition coefficient (Wildman–Crippen LogP) is 4.45. The first-order valence-electron chi connectivity index (χ1n) is 7.79. The van der Waals surface area contributed by atoms with Crippen LogP contribution in [-0.2, 0) is 15.8 Å². The molecule has 0 aliphatic carbocycles. The van der Waals surface area contributed by atoms with Crippen LogP contribution in [0, 0.1) is 0 Å². The number of para-hydroxylation sites is 1. The maximum Gasteiger partial charge on any atom is 0.416 e. The Labute approximate surface area is 151 Å². The van der Waals surface area contributed by atoms with E-state index >= 15 is 0 Å². The van der Waals surface area contributed by atoms with Crippen molar-refractivity contribution in [2.75, 3.05) is 0 Å². The molecule has 0 radical (unpaired) electrons. The van der Waals surface area contributed by atoms with Crippen LogP contribution in [0.25, 0.3) is 22.6 Å². The molecule has 0 bridgehead atoms. The van der Waals surface area contributed by atoms with Crippen molar-refractivity contribution in [1.82, 2.24) is 4.98 Å². The zero-order valence-corrected chi connectivity index (χ0v) is 13.7. The first kappa shape index (κ1) is 18.3. The van der Waals surface area contributed by atoms with Gasteiger partial charge in [0.15, 0.2) is 0 Å². The number of halogens is 3. The summed E-state index contributed by atoms with van der Waals surface area (Å²) >= 11 is 0. The number of ketones is 1. The molecular weight excluding hydrogens is 359 g/mol. The zero-order chi connectivity index (χ0) is 19.6. The van der Waals surface area contributed by atoms with Gasteiger partial charge in [0.1, 0.15) is 0 Å². The molecule has 1 aromatic heterocycles. The molecular formula is C20H12F3NO3. The molecule has 7 heteroatoms. The Morgan fingerprint density at radius 3 is 2.30 bits per heavy atom. The number of nitrogens with zero attached hydrogens (tertiary/aromatic N) is 1. The van der Waals surface area contributed by atoms with Crippen molar-refractivity contribution in [2.45, 2.75) is 6.18 Å². The third-order valence-electron chi connectivity index (χ3n) is 3.88. The van der Waals surface area contributed by atoms with Gasteiger partial charge in [-0.3, -0.25) is 4.79 Å². The van der Waals surface area contributed by atoms with E-state index in [0.717, 1.165) is 17.5 Å². The molecule has 1 N–H and O–H groups in total. The van der Waals surface area contributed by atoms with E-state index in [9.17, 15) is 22.8 Å². The van der Waals surface area contributed by atoms with Gasteiger partial charge in [-0.1, -0.05) is 42.5 Å². The van der Waals surface area contributed by atoms with Crippen LogP contribution >= 0.6 is 0 Å². The Hall–Kier alpha value is -3.48. The van der Waals surface area contributed by atoms with Gasteiger partial charge in [-0.15, -0.1) is 0 Å². The Morgan fingerprint density at radius 2 is 1.59 bits per heavy atom. The normalized spacial score (nSPS) is 12.2. The number of Topliss-reactive ketones (excluding diaryl/α,β-unsaturated/α-hetero) is 1.